The summed E-state index contributed by atoms with van der Waals surface area (Å²) in [5.74, 6) is 2.00. The topological polar surface area (TPSA) is 88.9 Å². The molecule has 32 heavy (non-hydrogen) atoms. The molecular formula is C24H32BrN5O2. The number of hydrogen-bond acceptors (Lipinski definition) is 5. The SMILES string of the molecule is C[C@@H]1[C@H]2C[C@@H](C[C@H]1Nc1cnn(CCCC(=O)NCc3ccncc3)c(=O)c1Br)C2(C)C. The Morgan fingerprint density at radius 3 is 2.72 bits per heavy atom. The minimum atomic E-state index is -0.166. The Labute approximate surface area is 197 Å². The van der Waals surface area contributed by atoms with Crippen molar-refractivity contribution in [1.82, 2.24) is 20.1 Å². The van der Waals surface area contributed by atoms with Crippen LogP contribution in [0.5, 0.6) is 0 Å². The van der Waals surface area contributed by atoms with E-state index in [0.717, 1.165) is 29.5 Å². The lowest BCUT2D eigenvalue weighted by atomic mass is 9.45. The zero-order chi connectivity index (χ0) is 22.9. The fourth-order valence-corrected chi connectivity index (χ4v) is 5.87. The molecule has 0 radical (unpaired) electrons. The van der Waals surface area contributed by atoms with Gasteiger partial charge in [-0.2, -0.15) is 5.10 Å². The Morgan fingerprint density at radius 1 is 1.28 bits per heavy atom. The van der Waals surface area contributed by atoms with E-state index in [2.05, 4.69) is 57.4 Å². The number of pyridine rings is 1. The lowest BCUT2D eigenvalue weighted by Gasteiger charge is -2.62. The molecule has 1 amide bonds. The van der Waals surface area contributed by atoms with Crippen molar-refractivity contribution >= 4 is 27.5 Å². The predicted molar refractivity (Wildman–Crippen MR) is 128 cm³/mol. The number of hydrogen-bond donors (Lipinski definition) is 2. The van der Waals surface area contributed by atoms with Gasteiger partial charge in [0.25, 0.3) is 5.56 Å². The summed E-state index contributed by atoms with van der Waals surface area (Å²) >= 11 is 3.48. The highest BCUT2D eigenvalue weighted by Gasteiger charge is 2.56. The largest absolute Gasteiger partial charge is 0.380 e. The standard InChI is InChI=1S/C24H32BrN5O2/c1-15-18-11-17(24(18,2)3)12-19(15)29-20-14-28-30(23(32)22(20)25)10-4-5-21(31)27-13-16-6-8-26-9-7-16/h6-9,14-15,17-19,29H,4-5,10-13H2,1-3H3,(H,27,31)/t15-,17+,18-,19-/m1/s1. The molecule has 2 aromatic rings. The molecule has 2 aromatic heterocycles. The van der Waals surface area contributed by atoms with E-state index in [4.69, 9.17) is 0 Å². The summed E-state index contributed by atoms with van der Waals surface area (Å²) in [5, 5.41) is 10.8. The molecule has 3 aliphatic rings. The molecule has 4 atom stereocenters. The molecule has 3 aliphatic carbocycles. The van der Waals surface area contributed by atoms with E-state index >= 15 is 0 Å². The molecule has 8 heteroatoms. The monoisotopic (exact) mass is 501 g/mol. The van der Waals surface area contributed by atoms with E-state index < -0.39 is 0 Å². The average Bonchev–Trinajstić information content (AvgIpc) is 2.78. The second-order valence-electron chi connectivity index (χ2n) is 9.84. The smallest absolute Gasteiger partial charge is 0.283 e. The Balaban J connectivity index is 1.28. The maximum absolute atomic E-state index is 12.8. The Kier molecular flexibility index (Phi) is 6.70. The zero-order valence-corrected chi connectivity index (χ0v) is 20.6. The van der Waals surface area contributed by atoms with Crippen LogP contribution in [0, 0.1) is 23.2 Å². The van der Waals surface area contributed by atoms with Crippen molar-refractivity contribution < 1.29 is 4.79 Å². The van der Waals surface area contributed by atoms with E-state index in [1.54, 1.807) is 18.6 Å². The molecule has 3 fully saturated rings. The highest BCUT2D eigenvalue weighted by molar-refractivity contribution is 9.10. The third-order valence-corrected chi connectivity index (χ3v) is 8.46. The van der Waals surface area contributed by atoms with Gasteiger partial charge in [0.1, 0.15) is 4.47 Å². The van der Waals surface area contributed by atoms with Crippen LogP contribution in [0.4, 0.5) is 5.69 Å². The molecule has 0 spiro atoms. The van der Waals surface area contributed by atoms with Gasteiger partial charge in [0, 0.05) is 37.9 Å². The molecule has 0 aliphatic heterocycles. The molecule has 0 saturated heterocycles. The second-order valence-corrected chi connectivity index (χ2v) is 10.6. The van der Waals surface area contributed by atoms with Crippen molar-refractivity contribution in [3.63, 3.8) is 0 Å². The first-order valence-corrected chi connectivity index (χ1v) is 12.2. The third-order valence-electron chi connectivity index (χ3n) is 7.69. The molecule has 2 bridgehead atoms. The van der Waals surface area contributed by atoms with Crippen molar-refractivity contribution in [2.24, 2.45) is 23.2 Å². The number of anilines is 1. The van der Waals surface area contributed by atoms with Gasteiger partial charge in [0.05, 0.1) is 11.9 Å². The summed E-state index contributed by atoms with van der Waals surface area (Å²) in [6.45, 7) is 7.97. The number of rotatable bonds is 8. The third kappa shape index (κ3) is 4.60. The van der Waals surface area contributed by atoms with Crippen LogP contribution in [0.15, 0.2) is 40.0 Å². The van der Waals surface area contributed by atoms with Gasteiger partial charge in [-0.1, -0.05) is 20.8 Å². The minimum Gasteiger partial charge on any atom is -0.380 e. The molecule has 2 N–H and O–H groups in total. The van der Waals surface area contributed by atoms with Crippen LogP contribution in [0.3, 0.4) is 0 Å². The number of aromatic nitrogens is 3. The summed E-state index contributed by atoms with van der Waals surface area (Å²) < 4.78 is 1.94. The van der Waals surface area contributed by atoms with E-state index in [-0.39, 0.29) is 11.5 Å². The lowest BCUT2D eigenvalue weighted by molar-refractivity contribution is -0.121. The van der Waals surface area contributed by atoms with Crippen molar-refractivity contribution in [2.45, 2.75) is 65.6 Å². The van der Waals surface area contributed by atoms with Crippen LogP contribution < -0.4 is 16.2 Å². The van der Waals surface area contributed by atoms with Gasteiger partial charge < -0.3 is 10.6 Å². The number of amides is 1. The summed E-state index contributed by atoms with van der Waals surface area (Å²) in [6, 6.07) is 4.10. The van der Waals surface area contributed by atoms with E-state index in [1.165, 1.54) is 11.1 Å². The quantitative estimate of drug-likeness (QED) is 0.570. The van der Waals surface area contributed by atoms with Crippen LogP contribution in [-0.4, -0.2) is 26.7 Å². The van der Waals surface area contributed by atoms with Crippen LogP contribution in [0.25, 0.3) is 0 Å². The molecular weight excluding hydrogens is 470 g/mol. The lowest BCUT2D eigenvalue weighted by Crippen LogP contribution is -2.58. The normalized spacial score (nSPS) is 25.6. The number of nitrogens with zero attached hydrogens (tertiary/aromatic N) is 3. The van der Waals surface area contributed by atoms with Crippen molar-refractivity contribution in [3.8, 4) is 0 Å². The maximum atomic E-state index is 12.8. The molecule has 5 rings (SSSR count). The molecule has 0 unspecified atom stereocenters. The van der Waals surface area contributed by atoms with Crippen LogP contribution >= 0.6 is 15.9 Å². The average molecular weight is 502 g/mol. The summed E-state index contributed by atoms with van der Waals surface area (Å²) in [6.07, 6.45) is 8.48. The molecule has 7 nitrogen and oxygen atoms in total. The van der Waals surface area contributed by atoms with Gasteiger partial charge >= 0.3 is 0 Å². The van der Waals surface area contributed by atoms with Crippen LogP contribution in [0.1, 0.15) is 52.0 Å². The Bertz CT molecular complexity index is 1020. The number of fused-ring (bicyclic) bond motifs is 2. The van der Waals surface area contributed by atoms with Gasteiger partial charge in [-0.05, 0) is 76.1 Å². The molecule has 0 aromatic carbocycles. The fraction of sp³-hybridized carbons (Fsp3) is 0.583. The first-order valence-electron chi connectivity index (χ1n) is 11.4. The zero-order valence-electron chi connectivity index (χ0n) is 19.0. The van der Waals surface area contributed by atoms with Gasteiger partial charge in [0.2, 0.25) is 5.91 Å². The van der Waals surface area contributed by atoms with Crippen molar-refractivity contribution in [1.29, 1.82) is 0 Å². The molecule has 172 valence electrons. The Morgan fingerprint density at radius 2 is 2.03 bits per heavy atom. The summed E-state index contributed by atoms with van der Waals surface area (Å²) in [7, 11) is 0. The first kappa shape index (κ1) is 23.0. The van der Waals surface area contributed by atoms with Gasteiger partial charge in [-0.25, -0.2) is 4.68 Å². The molecule has 3 saturated carbocycles. The molecule has 2 heterocycles. The fourth-order valence-electron chi connectivity index (χ4n) is 5.44. The van der Waals surface area contributed by atoms with Crippen molar-refractivity contribution in [2.75, 3.05) is 5.32 Å². The second kappa shape index (κ2) is 9.33. The summed E-state index contributed by atoms with van der Waals surface area (Å²) in [4.78, 5) is 28.8. The van der Waals surface area contributed by atoms with Crippen LogP contribution in [0.2, 0.25) is 0 Å². The number of halogens is 1. The van der Waals surface area contributed by atoms with Crippen molar-refractivity contribution in [3.05, 3.63) is 51.1 Å². The van der Waals surface area contributed by atoms with Gasteiger partial charge in [-0.3, -0.25) is 14.6 Å². The summed E-state index contributed by atoms with van der Waals surface area (Å²) in [5.41, 5.74) is 2.03. The number of aryl methyl sites for hydroxylation is 1. The van der Waals surface area contributed by atoms with Gasteiger partial charge in [0.15, 0.2) is 0 Å². The maximum Gasteiger partial charge on any atom is 0.283 e. The predicted octanol–water partition coefficient (Wildman–Crippen LogP) is 3.98. The van der Waals surface area contributed by atoms with Crippen LogP contribution in [-0.2, 0) is 17.9 Å². The highest BCUT2D eigenvalue weighted by Crippen LogP contribution is 2.61. The Hall–Kier alpha value is -2.22. The first-order chi connectivity index (χ1) is 15.3. The number of carbonyl (C=O) groups excluding carboxylic acids is 1. The van der Waals surface area contributed by atoms with E-state index in [0.29, 0.717) is 47.8 Å². The van der Waals surface area contributed by atoms with Gasteiger partial charge in [-0.15, -0.1) is 0 Å². The number of carbonyl (C=O) groups is 1. The number of nitrogens with one attached hydrogen (secondary N) is 2. The van der Waals surface area contributed by atoms with E-state index in [1.807, 2.05) is 12.1 Å². The highest BCUT2D eigenvalue weighted by atomic mass is 79.9. The minimum absolute atomic E-state index is 0.0417. The van der Waals surface area contributed by atoms with E-state index in [9.17, 15) is 9.59 Å².